The Bertz CT molecular complexity index is 411. The molecule has 0 spiro atoms. The molecule has 1 amide bonds. The van der Waals surface area contributed by atoms with E-state index in [0.29, 0.717) is 5.56 Å². The first-order chi connectivity index (χ1) is 9.79. The fraction of sp³-hybridized carbons (Fsp3) is 0.562. The van der Waals surface area contributed by atoms with E-state index in [2.05, 4.69) is 17.6 Å². The molecule has 0 unspecified atom stereocenters. The van der Waals surface area contributed by atoms with Crippen molar-refractivity contribution in [2.45, 2.75) is 38.6 Å². The zero-order valence-electron chi connectivity index (χ0n) is 12.2. The Balaban J connectivity index is 1.83. The summed E-state index contributed by atoms with van der Waals surface area (Å²) in [6, 6.07) is 7.63. The third-order valence-electron chi connectivity index (χ3n) is 3.52. The summed E-state index contributed by atoms with van der Waals surface area (Å²) < 4.78 is 5.59. The molecule has 1 saturated heterocycles. The zero-order valence-corrected chi connectivity index (χ0v) is 12.2. The molecule has 1 heterocycles. The molecule has 4 nitrogen and oxygen atoms in total. The number of unbranched alkanes of at least 4 members (excludes halogenated alkanes) is 1. The summed E-state index contributed by atoms with van der Waals surface area (Å²) in [5.41, 5.74) is 0.693. The molecule has 0 aromatic heterocycles. The van der Waals surface area contributed by atoms with Crippen molar-refractivity contribution in [3.63, 3.8) is 0 Å². The van der Waals surface area contributed by atoms with Gasteiger partial charge in [-0.25, -0.2) is 0 Å². The molecule has 0 radical (unpaired) electrons. The van der Waals surface area contributed by atoms with Crippen LogP contribution in [0.2, 0.25) is 0 Å². The van der Waals surface area contributed by atoms with Gasteiger partial charge in [-0.15, -0.1) is 0 Å². The molecular weight excluding hydrogens is 252 g/mol. The Morgan fingerprint density at radius 1 is 1.40 bits per heavy atom. The maximum atomic E-state index is 12.1. The number of hydrogen-bond donors (Lipinski definition) is 2. The van der Waals surface area contributed by atoms with Gasteiger partial charge in [0.05, 0.1) is 6.61 Å². The van der Waals surface area contributed by atoms with Crippen molar-refractivity contribution in [1.29, 1.82) is 0 Å². The van der Waals surface area contributed by atoms with Crippen molar-refractivity contribution in [2.24, 2.45) is 0 Å². The number of carbonyl (C=O) groups is 1. The van der Waals surface area contributed by atoms with Crippen LogP contribution in [-0.4, -0.2) is 31.6 Å². The van der Waals surface area contributed by atoms with Gasteiger partial charge in [0.1, 0.15) is 5.75 Å². The lowest BCUT2D eigenvalue weighted by molar-refractivity contribution is 0.0930. The van der Waals surface area contributed by atoms with Gasteiger partial charge in [0.15, 0.2) is 0 Å². The zero-order chi connectivity index (χ0) is 14.2. The first kappa shape index (κ1) is 14.9. The van der Waals surface area contributed by atoms with Crippen molar-refractivity contribution in [3.8, 4) is 5.75 Å². The molecule has 110 valence electrons. The molecule has 0 bridgehead atoms. The molecule has 4 heteroatoms. The number of rotatable bonds is 6. The summed E-state index contributed by atoms with van der Waals surface area (Å²) in [5, 5.41) is 6.36. The highest BCUT2D eigenvalue weighted by atomic mass is 16.5. The quantitative estimate of drug-likeness (QED) is 0.784. The predicted octanol–water partition coefficient (Wildman–Crippen LogP) is 2.35. The van der Waals surface area contributed by atoms with Gasteiger partial charge in [0, 0.05) is 18.2 Å². The third kappa shape index (κ3) is 4.53. The highest BCUT2D eigenvalue weighted by Gasteiger charge is 2.16. The van der Waals surface area contributed by atoms with Crippen LogP contribution < -0.4 is 15.4 Å². The monoisotopic (exact) mass is 276 g/mol. The predicted molar refractivity (Wildman–Crippen MR) is 80.2 cm³/mol. The van der Waals surface area contributed by atoms with E-state index in [9.17, 15) is 4.79 Å². The van der Waals surface area contributed by atoms with Crippen molar-refractivity contribution in [2.75, 3.05) is 19.7 Å². The standard InChI is InChI=1S/C16H24N2O2/c1-2-3-11-20-15-8-6-13(7-9-15)16(19)18-14-5-4-10-17-12-14/h6-9,14,17H,2-5,10-12H2,1H3,(H,18,19)/t14-/m1/s1. The summed E-state index contributed by atoms with van der Waals surface area (Å²) in [6.07, 6.45) is 4.35. The van der Waals surface area contributed by atoms with Gasteiger partial charge in [0.2, 0.25) is 0 Å². The smallest absolute Gasteiger partial charge is 0.251 e. The molecular formula is C16H24N2O2. The van der Waals surface area contributed by atoms with Crippen LogP contribution >= 0.6 is 0 Å². The van der Waals surface area contributed by atoms with Gasteiger partial charge in [-0.3, -0.25) is 4.79 Å². The lowest BCUT2D eigenvalue weighted by Gasteiger charge is -2.23. The van der Waals surface area contributed by atoms with Crippen molar-refractivity contribution >= 4 is 5.91 Å². The van der Waals surface area contributed by atoms with Gasteiger partial charge in [-0.05, 0) is 50.1 Å². The van der Waals surface area contributed by atoms with Crippen molar-refractivity contribution in [3.05, 3.63) is 29.8 Å². The maximum absolute atomic E-state index is 12.1. The summed E-state index contributed by atoms with van der Waals surface area (Å²) >= 11 is 0. The van der Waals surface area contributed by atoms with Crippen LogP contribution in [-0.2, 0) is 0 Å². The molecule has 1 aliphatic rings. The number of carbonyl (C=O) groups excluding carboxylic acids is 1. The Hall–Kier alpha value is -1.55. The first-order valence-corrected chi connectivity index (χ1v) is 7.54. The summed E-state index contributed by atoms with van der Waals surface area (Å²) in [4.78, 5) is 12.1. The number of benzene rings is 1. The number of piperidine rings is 1. The van der Waals surface area contributed by atoms with Gasteiger partial charge >= 0.3 is 0 Å². The minimum atomic E-state index is -0.00110. The highest BCUT2D eigenvalue weighted by molar-refractivity contribution is 5.94. The second-order valence-electron chi connectivity index (χ2n) is 5.24. The van der Waals surface area contributed by atoms with E-state index in [4.69, 9.17) is 4.74 Å². The molecule has 0 aliphatic carbocycles. The third-order valence-corrected chi connectivity index (χ3v) is 3.52. The van der Waals surface area contributed by atoms with Crippen LogP contribution in [0.3, 0.4) is 0 Å². The molecule has 0 saturated carbocycles. The Morgan fingerprint density at radius 2 is 2.20 bits per heavy atom. The van der Waals surface area contributed by atoms with E-state index in [-0.39, 0.29) is 11.9 Å². The van der Waals surface area contributed by atoms with E-state index in [1.807, 2.05) is 24.3 Å². The molecule has 1 aliphatic heterocycles. The van der Waals surface area contributed by atoms with Crippen LogP contribution in [0.1, 0.15) is 43.0 Å². The van der Waals surface area contributed by atoms with Gasteiger partial charge in [0.25, 0.3) is 5.91 Å². The summed E-state index contributed by atoms with van der Waals surface area (Å²) in [5.74, 6) is 0.827. The average Bonchev–Trinajstić information content (AvgIpc) is 2.49. The van der Waals surface area contributed by atoms with Gasteiger partial charge < -0.3 is 15.4 Å². The molecule has 2 N–H and O–H groups in total. The van der Waals surface area contributed by atoms with Crippen LogP contribution in [0.15, 0.2) is 24.3 Å². The summed E-state index contributed by atoms with van der Waals surface area (Å²) in [7, 11) is 0. The Labute approximate surface area is 120 Å². The van der Waals surface area contributed by atoms with Crippen molar-refractivity contribution < 1.29 is 9.53 Å². The second kappa shape index (κ2) is 7.90. The number of hydrogen-bond acceptors (Lipinski definition) is 3. The number of ether oxygens (including phenoxy) is 1. The topological polar surface area (TPSA) is 50.4 Å². The van der Waals surface area contributed by atoms with Crippen LogP contribution in [0.4, 0.5) is 0 Å². The lowest BCUT2D eigenvalue weighted by Crippen LogP contribution is -2.45. The van der Waals surface area contributed by atoms with E-state index in [1.165, 1.54) is 0 Å². The van der Waals surface area contributed by atoms with Gasteiger partial charge in [-0.1, -0.05) is 13.3 Å². The fourth-order valence-corrected chi connectivity index (χ4v) is 2.28. The molecule has 1 atom stereocenters. The minimum Gasteiger partial charge on any atom is -0.494 e. The fourth-order valence-electron chi connectivity index (χ4n) is 2.28. The van der Waals surface area contributed by atoms with Crippen LogP contribution in [0, 0.1) is 0 Å². The largest absolute Gasteiger partial charge is 0.494 e. The maximum Gasteiger partial charge on any atom is 0.251 e. The molecule has 1 aromatic rings. The Morgan fingerprint density at radius 3 is 2.85 bits per heavy atom. The molecule has 20 heavy (non-hydrogen) atoms. The van der Waals surface area contributed by atoms with Crippen LogP contribution in [0.5, 0.6) is 5.75 Å². The lowest BCUT2D eigenvalue weighted by atomic mass is 10.1. The Kier molecular flexibility index (Phi) is 5.87. The average molecular weight is 276 g/mol. The highest BCUT2D eigenvalue weighted by Crippen LogP contribution is 2.13. The van der Waals surface area contributed by atoms with Crippen LogP contribution in [0.25, 0.3) is 0 Å². The number of amides is 1. The minimum absolute atomic E-state index is 0.00110. The molecule has 2 rings (SSSR count). The summed E-state index contributed by atoms with van der Waals surface area (Å²) in [6.45, 7) is 4.78. The van der Waals surface area contributed by atoms with E-state index in [1.54, 1.807) is 0 Å². The number of nitrogens with one attached hydrogen (secondary N) is 2. The SMILES string of the molecule is CCCCOc1ccc(C(=O)N[C@@H]2CCCNC2)cc1. The normalized spacial score (nSPS) is 18.6. The first-order valence-electron chi connectivity index (χ1n) is 7.54. The van der Waals surface area contributed by atoms with E-state index >= 15 is 0 Å². The molecule has 1 fully saturated rings. The second-order valence-corrected chi connectivity index (χ2v) is 5.24. The van der Waals surface area contributed by atoms with E-state index in [0.717, 1.165) is 51.1 Å². The molecule has 1 aromatic carbocycles. The van der Waals surface area contributed by atoms with E-state index < -0.39 is 0 Å². The van der Waals surface area contributed by atoms with Gasteiger partial charge in [-0.2, -0.15) is 0 Å². The van der Waals surface area contributed by atoms with Crippen molar-refractivity contribution in [1.82, 2.24) is 10.6 Å².